The van der Waals surface area contributed by atoms with Gasteiger partial charge in [0.15, 0.2) is 0 Å². The van der Waals surface area contributed by atoms with Crippen LogP contribution in [0.2, 0.25) is 0 Å². The summed E-state index contributed by atoms with van der Waals surface area (Å²) in [5.74, 6) is 6.65. The first-order valence-electron chi connectivity index (χ1n) is 9.28. The molecular formula is C26H23NS. The fourth-order valence-electron chi connectivity index (χ4n) is 3.60. The smallest absolute Gasteiger partial charge is 0.0798 e. The minimum Gasteiger partial charge on any atom is -0.194 e. The van der Waals surface area contributed by atoms with E-state index in [1.807, 2.05) is 13.8 Å². The first kappa shape index (κ1) is 19.8. The maximum absolute atomic E-state index is 4.75. The first-order chi connectivity index (χ1) is 13.4. The normalized spacial score (nSPS) is 10.0. The molecule has 3 rings (SSSR count). The van der Waals surface area contributed by atoms with Crippen LogP contribution in [0.25, 0.3) is 11.1 Å². The average molecular weight is 382 g/mol. The molecule has 0 atom stereocenters. The summed E-state index contributed by atoms with van der Waals surface area (Å²) in [6.07, 6.45) is 0. The Labute approximate surface area is 173 Å². The van der Waals surface area contributed by atoms with E-state index < -0.39 is 0 Å². The van der Waals surface area contributed by atoms with E-state index >= 15 is 0 Å². The van der Waals surface area contributed by atoms with Gasteiger partial charge < -0.3 is 0 Å². The van der Waals surface area contributed by atoms with Crippen molar-refractivity contribution in [1.29, 1.82) is 0 Å². The summed E-state index contributed by atoms with van der Waals surface area (Å²) in [6.45, 7) is 10.5. The Morgan fingerprint density at radius 3 is 1.79 bits per heavy atom. The number of rotatable bonds is 2. The van der Waals surface area contributed by atoms with E-state index in [1.54, 1.807) is 0 Å². The lowest BCUT2D eigenvalue weighted by atomic mass is 9.98. The van der Waals surface area contributed by atoms with Crippen LogP contribution in [0, 0.1) is 46.5 Å². The highest BCUT2D eigenvalue weighted by atomic mass is 32.1. The van der Waals surface area contributed by atoms with Gasteiger partial charge in [0, 0.05) is 11.1 Å². The molecule has 0 aromatic heterocycles. The summed E-state index contributed by atoms with van der Waals surface area (Å²) >= 11 is 4.75. The molecule has 0 fully saturated rings. The summed E-state index contributed by atoms with van der Waals surface area (Å²) < 4.78 is 0. The Hall–Kier alpha value is -2.98. The second-order valence-corrected chi connectivity index (χ2v) is 7.45. The van der Waals surface area contributed by atoms with Crippen molar-refractivity contribution in [3.05, 3.63) is 87.5 Å². The highest BCUT2D eigenvalue weighted by molar-refractivity contribution is 7.78. The van der Waals surface area contributed by atoms with Crippen molar-refractivity contribution in [3.8, 4) is 23.0 Å². The maximum atomic E-state index is 4.75. The summed E-state index contributed by atoms with van der Waals surface area (Å²) in [7, 11) is 0. The van der Waals surface area contributed by atoms with Gasteiger partial charge >= 0.3 is 0 Å². The molecule has 0 heterocycles. The predicted octanol–water partition coefficient (Wildman–Crippen LogP) is 7.03. The van der Waals surface area contributed by atoms with Gasteiger partial charge in [-0.2, -0.15) is 4.99 Å². The van der Waals surface area contributed by atoms with E-state index in [4.69, 9.17) is 12.2 Å². The van der Waals surface area contributed by atoms with Crippen LogP contribution in [-0.2, 0) is 0 Å². The fourth-order valence-corrected chi connectivity index (χ4v) is 3.69. The lowest BCUT2D eigenvalue weighted by Gasteiger charge is -2.09. The standard InChI is InChI=1S/C26H23NS/c1-17-12-18(2)25(19(3)13-17)11-8-22-6-9-23(10-7-22)24-14-20(4)26(27-16-28)21(5)15-24/h6-7,9-10,12-15H,1-5H3. The zero-order chi connectivity index (χ0) is 20.3. The van der Waals surface area contributed by atoms with Crippen molar-refractivity contribution in [1.82, 2.24) is 0 Å². The molecule has 28 heavy (non-hydrogen) atoms. The summed E-state index contributed by atoms with van der Waals surface area (Å²) in [6, 6.07) is 17.0. The van der Waals surface area contributed by atoms with Gasteiger partial charge in [0.1, 0.15) is 0 Å². The lowest BCUT2D eigenvalue weighted by molar-refractivity contribution is 1.30. The van der Waals surface area contributed by atoms with E-state index in [1.165, 1.54) is 22.3 Å². The van der Waals surface area contributed by atoms with E-state index in [9.17, 15) is 0 Å². The molecule has 3 aromatic rings. The van der Waals surface area contributed by atoms with E-state index in [2.05, 4.69) is 91.3 Å². The molecule has 0 bridgehead atoms. The zero-order valence-electron chi connectivity index (χ0n) is 17.0. The third kappa shape index (κ3) is 4.29. The summed E-state index contributed by atoms with van der Waals surface area (Å²) in [5.41, 5.74) is 11.3. The number of aryl methyl sites for hydroxylation is 5. The van der Waals surface area contributed by atoms with Crippen LogP contribution < -0.4 is 0 Å². The lowest BCUT2D eigenvalue weighted by Crippen LogP contribution is -1.89. The Balaban J connectivity index is 1.91. The van der Waals surface area contributed by atoms with Gasteiger partial charge in [-0.15, -0.1) is 0 Å². The number of benzene rings is 3. The predicted molar refractivity (Wildman–Crippen MR) is 123 cm³/mol. The molecule has 2 heteroatoms. The molecule has 0 spiro atoms. The molecule has 0 aliphatic carbocycles. The molecule has 0 amide bonds. The van der Waals surface area contributed by atoms with Gasteiger partial charge in [-0.05, 0) is 104 Å². The molecule has 0 saturated heterocycles. The monoisotopic (exact) mass is 381 g/mol. The van der Waals surface area contributed by atoms with Gasteiger partial charge in [-0.3, -0.25) is 0 Å². The maximum Gasteiger partial charge on any atom is 0.0798 e. The van der Waals surface area contributed by atoms with Crippen molar-refractivity contribution in [2.45, 2.75) is 34.6 Å². The zero-order valence-corrected chi connectivity index (χ0v) is 17.8. The third-order valence-corrected chi connectivity index (χ3v) is 4.97. The molecule has 1 nitrogen and oxygen atoms in total. The second-order valence-electron chi connectivity index (χ2n) is 7.26. The van der Waals surface area contributed by atoms with Crippen LogP contribution in [-0.4, -0.2) is 5.16 Å². The average Bonchev–Trinajstić information content (AvgIpc) is 2.64. The molecule has 0 radical (unpaired) electrons. The molecule has 3 aromatic carbocycles. The minimum absolute atomic E-state index is 0.907. The van der Waals surface area contributed by atoms with Crippen molar-refractivity contribution in [3.63, 3.8) is 0 Å². The minimum atomic E-state index is 0.907. The van der Waals surface area contributed by atoms with E-state index in [0.717, 1.165) is 33.5 Å². The van der Waals surface area contributed by atoms with E-state index in [-0.39, 0.29) is 0 Å². The molecule has 0 saturated carbocycles. The Bertz CT molecular complexity index is 1110. The van der Waals surface area contributed by atoms with Crippen LogP contribution in [0.5, 0.6) is 0 Å². The topological polar surface area (TPSA) is 12.4 Å². The number of nitrogens with zero attached hydrogens (tertiary/aromatic N) is 1. The molecule has 0 aliphatic rings. The summed E-state index contributed by atoms with van der Waals surface area (Å²) in [4.78, 5) is 4.17. The van der Waals surface area contributed by atoms with Crippen molar-refractivity contribution in [2.75, 3.05) is 0 Å². The SMILES string of the molecule is Cc1cc(C)c(C#Cc2ccc(-c3cc(C)c(N=C=S)c(C)c3)cc2)c(C)c1. The Morgan fingerprint density at radius 1 is 0.679 bits per heavy atom. The Kier molecular flexibility index (Phi) is 5.90. The highest BCUT2D eigenvalue weighted by Gasteiger charge is 2.06. The molecule has 0 N–H and O–H groups in total. The van der Waals surface area contributed by atoms with Gasteiger partial charge in [-0.1, -0.05) is 41.7 Å². The van der Waals surface area contributed by atoms with E-state index in [0.29, 0.717) is 0 Å². The van der Waals surface area contributed by atoms with Crippen LogP contribution in [0.3, 0.4) is 0 Å². The molecular weight excluding hydrogens is 358 g/mol. The fraction of sp³-hybridized carbons (Fsp3) is 0.192. The number of thiocarbonyl (C=S) groups is 1. The first-order valence-corrected chi connectivity index (χ1v) is 9.69. The highest BCUT2D eigenvalue weighted by Crippen LogP contribution is 2.30. The van der Waals surface area contributed by atoms with Gasteiger partial charge in [0.05, 0.1) is 10.8 Å². The van der Waals surface area contributed by atoms with Crippen molar-refractivity contribution >= 4 is 23.1 Å². The molecule has 138 valence electrons. The van der Waals surface area contributed by atoms with Crippen molar-refractivity contribution < 1.29 is 0 Å². The number of hydrogen-bond acceptors (Lipinski definition) is 2. The molecule has 0 aliphatic heterocycles. The largest absolute Gasteiger partial charge is 0.194 e. The van der Waals surface area contributed by atoms with Gasteiger partial charge in [0.2, 0.25) is 0 Å². The number of aliphatic imine (C=N–C) groups is 1. The second kappa shape index (κ2) is 8.36. The summed E-state index contributed by atoms with van der Waals surface area (Å²) in [5, 5.41) is 2.46. The van der Waals surface area contributed by atoms with Crippen molar-refractivity contribution in [2.24, 2.45) is 4.99 Å². The van der Waals surface area contributed by atoms with Crippen LogP contribution in [0.4, 0.5) is 5.69 Å². The quantitative estimate of drug-likeness (QED) is 0.264. The van der Waals surface area contributed by atoms with Crippen LogP contribution in [0.1, 0.15) is 38.9 Å². The number of hydrogen-bond donors (Lipinski definition) is 0. The van der Waals surface area contributed by atoms with Gasteiger partial charge in [-0.25, -0.2) is 0 Å². The van der Waals surface area contributed by atoms with Crippen LogP contribution >= 0.6 is 12.2 Å². The Morgan fingerprint density at radius 2 is 1.25 bits per heavy atom. The number of isothiocyanates is 1. The van der Waals surface area contributed by atoms with Gasteiger partial charge in [0.25, 0.3) is 0 Å². The molecule has 0 unspecified atom stereocenters. The third-order valence-electron chi connectivity index (χ3n) is 4.88. The van der Waals surface area contributed by atoms with Crippen LogP contribution in [0.15, 0.2) is 53.5 Å².